The molecule has 1 saturated carbocycles. The van der Waals surface area contributed by atoms with Gasteiger partial charge in [-0.05, 0) is 30.9 Å². The number of rotatable bonds is 8. The van der Waals surface area contributed by atoms with Crippen LogP contribution in [0.25, 0.3) is 0 Å². The number of hydrogen-bond donors (Lipinski definition) is 2. The highest BCUT2D eigenvalue weighted by atomic mass is 32.1. The molecule has 0 spiro atoms. The van der Waals surface area contributed by atoms with E-state index in [1.54, 1.807) is 30.6 Å². The molecule has 3 aliphatic rings. The van der Waals surface area contributed by atoms with Crippen LogP contribution < -0.4 is 15.4 Å². The number of carbonyl (C=O) groups is 4. The van der Waals surface area contributed by atoms with Crippen LogP contribution in [0.4, 0.5) is 0 Å². The molecule has 2 aromatic rings. The Kier molecular flexibility index (Phi) is 9.22. The maximum atomic E-state index is 14.1. The smallest absolute Gasteiger partial charge is 0.265 e. The third kappa shape index (κ3) is 6.24. The standard InChI is InChI=1S/C30H39N5O5S/c1-3-26(36)33-15-23-27-19(11-14-35(23)29(38)22-9-5-4-8-21(22)28(37)31-2)7-6-10-24(27)40-20-12-13-34(17-20)30(39)25-16-32-18-41-25/h6-7,10,16,18,20-23H,3-5,8-9,11-15,17H2,1-2H3,(H,31,37)(H,33,36)/t20?,21-,22?,23-/m1/s1. The number of benzene rings is 1. The SMILES string of the molecule is CCC(=O)NC[C@@H]1c2c(cccc2OC2CCN(C(=O)c3cncs3)C2)CCN1C(=O)C1CCCC[C@H]1C(=O)NC. The van der Waals surface area contributed by atoms with E-state index in [9.17, 15) is 19.2 Å². The van der Waals surface area contributed by atoms with E-state index in [1.165, 1.54) is 11.3 Å². The number of likely N-dealkylation sites (tertiary alicyclic amines) is 1. The first-order valence-corrected chi connectivity index (χ1v) is 15.5. The first-order valence-electron chi connectivity index (χ1n) is 14.7. The average Bonchev–Trinajstić information content (AvgIpc) is 3.72. The van der Waals surface area contributed by atoms with Gasteiger partial charge in [0.2, 0.25) is 17.7 Å². The maximum Gasteiger partial charge on any atom is 0.265 e. The molecule has 2 fully saturated rings. The zero-order valence-corrected chi connectivity index (χ0v) is 24.6. The largest absolute Gasteiger partial charge is 0.488 e. The molecule has 0 radical (unpaired) electrons. The Labute approximate surface area is 244 Å². The topological polar surface area (TPSA) is 121 Å². The van der Waals surface area contributed by atoms with Crippen LogP contribution in [0.15, 0.2) is 29.9 Å². The summed E-state index contributed by atoms with van der Waals surface area (Å²) in [6.45, 7) is 3.65. The van der Waals surface area contributed by atoms with Crippen molar-refractivity contribution in [2.45, 2.75) is 64.0 Å². The molecule has 220 valence electrons. The number of fused-ring (bicyclic) bond motifs is 1. The number of carbonyl (C=O) groups excluding carboxylic acids is 4. The van der Waals surface area contributed by atoms with Gasteiger partial charge in [-0.3, -0.25) is 24.2 Å². The van der Waals surface area contributed by atoms with Crippen LogP contribution in [0.1, 0.15) is 72.3 Å². The second-order valence-electron chi connectivity index (χ2n) is 11.0. The molecule has 2 aliphatic heterocycles. The normalized spacial score (nSPS) is 24.0. The molecular formula is C30H39N5O5S. The molecule has 5 rings (SSSR count). The molecule has 4 amide bonds. The fourth-order valence-electron chi connectivity index (χ4n) is 6.46. The van der Waals surface area contributed by atoms with Crippen molar-refractivity contribution < 1.29 is 23.9 Å². The van der Waals surface area contributed by atoms with E-state index in [4.69, 9.17) is 4.74 Å². The highest BCUT2D eigenvalue weighted by Crippen LogP contribution is 2.40. The molecular weight excluding hydrogens is 542 g/mol. The summed E-state index contributed by atoms with van der Waals surface area (Å²) in [5.74, 6) is -0.292. The lowest BCUT2D eigenvalue weighted by molar-refractivity contribution is -0.146. The van der Waals surface area contributed by atoms with E-state index < -0.39 is 6.04 Å². The number of hydrogen-bond acceptors (Lipinski definition) is 7. The molecule has 1 aromatic heterocycles. The van der Waals surface area contributed by atoms with Crippen molar-refractivity contribution in [3.63, 3.8) is 0 Å². The van der Waals surface area contributed by atoms with Crippen molar-refractivity contribution in [2.24, 2.45) is 11.8 Å². The van der Waals surface area contributed by atoms with Crippen LogP contribution in [-0.2, 0) is 20.8 Å². The summed E-state index contributed by atoms with van der Waals surface area (Å²) >= 11 is 1.33. The lowest BCUT2D eigenvalue weighted by Gasteiger charge is -2.42. The summed E-state index contributed by atoms with van der Waals surface area (Å²) in [6.07, 6.45) is 6.34. The van der Waals surface area contributed by atoms with Gasteiger partial charge in [-0.2, -0.15) is 0 Å². The third-order valence-electron chi connectivity index (χ3n) is 8.62. The first-order chi connectivity index (χ1) is 19.9. The highest BCUT2D eigenvalue weighted by molar-refractivity contribution is 7.11. The maximum absolute atomic E-state index is 14.1. The van der Waals surface area contributed by atoms with Gasteiger partial charge >= 0.3 is 0 Å². The number of aromatic nitrogens is 1. The summed E-state index contributed by atoms with van der Waals surface area (Å²) in [4.78, 5) is 60.4. The van der Waals surface area contributed by atoms with Gasteiger partial charge in [0.05, 0.1) is 24.3 Å². The first kappa shape index (κ1) is 29.0. The minimum atomic E-state index is -0.415. The predicted molar refractivity (Wildman–Crippen MR) is 154 cm³/mol. The van der Waals surface area contributed by atoms with Crippen LogP contribution in [0.3, 0.4) is 0 Å². The zero-order chi connectivity index (χ0) is 28.9. The van der Waals surface area contributed by atoms with E-state index in [-0.39, 0.29) is 48.1 Å². The third-order valence-corrected chi connectivity index (χ3v) is 9.38. The molecule has 1 aromatic carbocycles. The molecule has 2 unspecified atom stereocenters. The van der Waals surface area contributed by atoms with Crippen LogP contribution in [0, 0.1) is 11.8 Å². The molecule has 41 heavy (non-hydrogen) atoms. The minimum Gasteiger partial charge on any atom is -0.488 e. The van der Waals surface area contributed by atoms with E-state index in [0.29, 0.717) is 62.4 Å². The Hall–Kier alpha value is -3.47. The van der Waals surface area contributed by atoms with Crippen molar-refractivity contribution >= 4 is 35.0 Å². The van der Waals surface area contributed by atoms with Gasteiger partial charge in [-0.25, -0.2) is 0 Å². The summed E-state index contributed by atoms with van der Waals surface area (Å²) < 4.78 is 6.56. The van der Waals surface area contributed by atoms with E-state index in [2.05, 4.69) is 21.7 Å². The molecule has 0 bridgehead atoms. The van der Waals surface area contributed by atoms with E-state index >= 15 is 0 Å². The van der Waals surface area contributed by atoms with Crippen molar-refractivity contribution in [2.75, 3.05) is 33.2 Å². The number of nitrogens with zero attached hydrogens (tertiary/aromatic N) is 3. The van der Waals surface area contributed by atoms with Crippen molar-refractivity contribution in [3.8, 4) is 5.75 Å². The number of nitrogens with one attached hydrogen (secondary N) is 2. The number of thiazole rings is 1. The average molecular weight is 582 g/mol. The van der Waals surface area contributed by atoms with Gasteiger partial charge in [0.15, 0.2) is 0 Å². The van der Waals surface area contributed by atoms with Gasteiger partial charge in [0.1, 0.15) is 16.7 Å². The van der Waals surface area contributed by atoms with E-state index in [1.807, 2.05) is 17.0 Å². The Bertz CT molecular complexity index is 1270. The second kappa shape index (κ2) is 13.0. The lowest BCUT2D eigenvalue weighted by atomic mass is 9.77. The van der Waals surface area contributed by atoms with Crippen LogP contribution in [0.5, 0.6) is 5.75 Å². The summed E-state index contributed by atoms with van der Waals surface area (Å²) in [7, 11) is 1.62. The molecule has 3 heterocycles. The van der Waals surface area contributed by atoms with Gasteiger partial charge in [0.25, 0.3) is 5.91 Å². The second-order valence-corrected chi connectivity index (χ2v) is 11.9. The molecule has 4 atom stereocenters. The summed E-state index contributed by atoms with van der Waals surface area (Å²) in [5, 5.41) is 5.76. The van der Waals surface area contributed by atoms with Gasteiger partial charge < -0.3 is 25.2 Å². The molecule has 11 heteroatoms. The quantitative estimate of drug-likeness (QED) is 0.495. The Morgan fingerprint density at radius 1 is 1.10 bits per heavy atom. The van der Waals surface area contributed by atoms with Crippen molar-refractivity contribution in [1.82, 2.24) is 25.4 Å². The molecule has 1 aliphatic carbocycles. The molecule has 2 N–H and O–H groups in total. The van der Waals surface area contributed by atoms with Crippen LogP contribution in [0.2, 0.25) is 0 Å². The van der Waals surface area contributed by atoms with Gasteiger partial charge in [-0.15, -0.1) is 11.3 Å². The zero-order valence-electron chi connectivity index (χ0n) is 23.8. The fraction of sp³-hybridized carbons (Fsp3) is 0.567. The van der Waals surface area contributed by atoms with Gasteiger partial charge in [0, 0.05) is 56.9 Å². The van der Waals surface area contributed by atoms with Crippen molar-refractivity contribution in [1.29, 1.82) is 0 Å². The van der Waals surface area contributed by atoms with Crippen LogP contribution >= 0.6 is 11.3 Å². The van der Waals surface area contributed by atoms with Gasteiger partial charge in [-0.1, -0.05) is 31.9 Å². The van der Waals surface area contributed by atoms with Crippen LogP contribution in [-0.4, -0.2) is 77.7 Å². The van der Waals surface area contributed by atoms with E-state index in [0.717, 1.165) is 24.0 Å². The monoisotopic (exact) mass is 581 g/mol. The summed E-state index contributed by atoms with van der Waals surface area (Å²) in [5.41, 5.74) is 3.65. The molecule has 1 saturated heterocycles. The highest BCUT2D eigenvalue weighted by Gasteiger charge is 2.42. The predicted octanol–water partition coefficient (Wildman–Crippen LogP) is 2.94. The summed E-state index contributed by atoms with van der Waals surface area (Å²) in [6, 6.07) is 5.52. The van der Waals surface area contributed by atoms with Crippen molar-refractivity contribution in [3.05, 3.63) is 45.9 Å². The lowest BCUT2D eigenvalue weighted by Crippen LogP contribution is -2.50. The Morgan fingerprint density at radius 3 is 2.63 bits per heavy atom. The minimum absolute atomic E-state index is 0.0308. The fourth-order valence-corrected chi connectivity index (χ4v) is 7.04. The Morgan fingerprint density at radius 2 is 1.90 bits per heavy atom. The molecule has 10 nitrogen and oxygen atoms in total. The number of ether oxygens (including phenoxy) is 1. The Balaban J connectivity index is 1.40. The number of amides is 4.